The van der Waals surface area contributed by atoms with Gasteiger partial charge in [-0.2, -0.15) is 5.10 Å². The van der Waals surface area contributed by atoms with Crippen LogP contribution in [0.3, 0.4) is 0 Å². The molecule has 0 aliphatic carbocycles. The zero-order chi connectivity index (χ0) is 20.1. The lowest BCUT2D eigenvalue weighted by atomic mass is 10.1. The Morgan fingerprint density at radius 1 is 1.14 bits per heavy atom. The largest absolute Gasteiger partial charge is 0.484 e. The summed E-state index contributed by atoms with van der Waals surface area (Å²) < 4.78 is 11.2. The predicted octanol–water partition coefficient (Wildman–Crippen LogP) is 5.40. The fraction of sp³-hybridized carbons (Fsp3) is 0.143. The van der Waals surface area contributed by atoms with E-state index in [1.165, 1.54) is 6.21 Å². The number of hydrazone groups is 1. The van der Waals surface area contributed by atoms with Crippen molar-refractivity contribution in [3.63, 3.8) is 0 Å². The van der Waals surface area contributed by atoms with E-state index in [0.717, 1.165) is 11.1 Å². The van der Waals surface area contributed by atoms with Crippen LogP contribution in [0.5, 0.6) is 5.75 Å². The summed E-state index contributed by atoms with van der Waals surface area (Å²) in [5.41, 5.74) is 5.22. The average molecular weight is 417 g/mol. The number of ether oxygens (including phenoxy) is 1. The van der Waals surface area contributed by atoms with Gasteiger partial charge in [-0.15, -0.1) is 0 Å². The zero-order valence-corrected chi connectivity index (χ0v) is 16.8. The van der Waals surface area contributed by atoms with Crippen molar-refractivity contribution >= 4 is 35.3 Å². The molecule has 0 atom stereocenters. The van der Waals surface area contributed by atoms with E-state index in [1.807, 2.05) is 32.0 Å². The summed E-state index contributed by atoms with van der Waals surface area (Å²) in [7, 11) is 0. The van der Waals surface area contributed by atoms with Crippen molar-refractivity contribution in [2.75, 3.05) is 6.61 Å². The topological polar surface area (TPSA) is 63.8 Å². The monoisotopic (exact) mass is 416 g/mol. The van der Waals surface area contributed by atoms with Gasteiger partial charge in [-0.05, 0) is 61.4 Å². The van der Waals surface area contributed by atoms with Gasteiger partial charge in [-0.1, -0.05) is 35.3 Å². The Hall–Kier alpha value is -2.76. The summed E-state index contributed by atoms with van der Waals surface area (Å²) in [4.78, 5) is 11.9. The number of aryl methyl sites for hydroxylation is 2. The smallest absolute Gasteiger partial charge is 0.277 e. The molecule has 1 N–H and O–H groups in total. The van der Waals surface area contributed by atoms with Crippen molar-refractivity contribution in [2.24, 2.45) is 5.10 Å². The average Bonchev–Trinajstić information content (AvgIpc) is 3.10. The van der Waals surface area contributed by atoms with Crippen LogP contribution in [0.4, 0.5) is 0 Å². The van der Waals surface area contributed by atoms with Gasteiger partial charge in [0, 0.05) is 5.56 Å². The number of hydrogen-bond donors (Lipinski definition) is 1. The molecule has 0 fully saturated rings. The number of furan rings is 1. The molecule has 3 aromatic rings. The molecule has 0 saturated carbocycles. The molecular weight excluding hydrogens is 399 g/mol. The number of hydrogen-bond acceptors (Lipinski definition) is 4. The number of amides is 1. The van der Waals surface area contributed by atoms with Crippen LogP contribution in [0.2, 0.25) is 10.0 Å². The molecule has 3 rings (SSSR count). The molecule has 7 heteroatoms. The molecule has 1 amide bonds. The van der Waals surface area contributed by atoms with E-state index in [9.17, 15) is 4.79 Å². The molecule has 28 heavy (non-hydrogen) atoms. The lowest BCUT2D eigenvalue weighted by Gasteiger charge is -2.07. The quantitative estimate of drug-likeness (QED) is 0.432. The van der Waals surface area contributed by atoms with Gasteiger partial charge in [0.25, 0.3) is 5.91 Å². The number of nitrogens with one attached hydrogen (secondary N) is 1. The van der Waals surface area contributed by atoms with Gasteiger partial charge >= 0.3 is 0 Å². The molecule has 0 saturated heterocycles. The summed E-state index contributed by atoms with van der Waals surface area (Å²) in [6, 6.07) is 14.5. The van der Waals surface area contributed by atoms with Crippen LogP contribution in [-0.2, 0) is 4.79 Å². The molecule has 0 aliphatic heterocycles. The number of carbonyl (C=O) groups excluding carboxylic acids is 1. The van der Waals surface area contributed by atoms with E-state index in [0.29, 0.717) is 32.9 Å². The van der Waals surface area contributed by atoms with Gasteiger partial charge < -0.3 is 9.15 Å². The second-order valence-electron chi connectivity index (χ2n) is 6.21. The van der Waals surface area contributed by atoms with E-state index < -0.39 is 0 Å². The van der Waals surface area contributed by atoms with Gasteiger partial charge in [-0.25, -0.2) is 5.43 Å². The van der Waals surface area contributed by atoms with Gasteiger partial charge in [0.2, 0.25) is 0 Å². The first-order valence-corrected chi connectivity index (χ1v) is 9.25. The number of benzene rings is 2. The maximum absolute atomic E-state index is 11.9. The Bertz CT molecular complexity index is 1010. The maximum atomic E-state index is 11.9. The molecule has 0 spiro atoms. The Kier molecular flexibility index (Phi) is 6.39. The Morgan fingerprint density at radius 2 is 1.89 bits per heavy atom. The van der Waals surface area contributed by atoms with Gasteiger partial charge in [-0.3, -0.25) is 4.79 Å². The molecule has 144 valence electrons. The van der Waals surface area contributed by atoms with Crippen LogP contribution < -0.4 is 10.2 Å². The standard InChI is InChI=1S/C21H18Cl2N2O3/c1-13-8-14(2)10-16(9-13)27-12-20(26)25-24-11-15-6-7-19(28-15)17-4-3-5-18(22)21(17)23/h3-11H,12H2,1-2H3,(H,25,26). The minimum Gasteiger partial charge on any atom is -0.484 e. The van der Waals surface area contributed by atoms with Crippen LogP contribution >= 0.6 is 23.2 Å². The highest BCUT2D eigenvalue weighted by molar-refractivity contribution is 6.43. The summed E-state index contributed by atoms with van der Waals surface area (Å²) in [6.45, 7) is 3.80. The van der Waals surface area contributed by atoms with Crippen molar-refractivity contribution in [1.29, 1.82) is 0 Å². The number of rotatable bonds is 6. The van der Waals surface area contributed by atoms with Gasteiger partial charge in [0.15, 0.2) is 6.61 Å². The van der Waals surface area contributed by atoms with Crippen LogP contribution in [0.1, 0.15) is 16.9 Å². The van der Waals surface area contributed by atoms with Crippen LogP contribution in [0.25, 0.3) is 11.3 Å². The van der Waals surface area contributed by atoms with E-state index in [2.05, 4.69) is 10.5 Å². The minimum atomic E-state index is -0.375. The first-order valence-electron chi connectivity index (χ1n) is 8.49. The SMILES string of the molecule is Cc1cc(C)cc(OCC(=O)NN=Cc2ccc(-c3cccc(Cl)c3Cl)o2)c1. The first kappa shape index (κ1) is 20.0. The molecule has 2 aromatic carbocycles. The number of nitrogens with zero attached hydrogens (tertiary/aromatic N) is 1. The van der Waals surface area contributed by atoms with Crippen LogP contribution in [0.15, 0.2) is 58.0 Å². The second-order valence-corrected chi connectivity index (χ2v) is 6.99. The Balaban J connectivity index is 1.55. The molecule has 0 bridgehead atoms. The van der Waals surface area contributed by atoms with E-state index in [4.69, 9.17) is 32.4 Å². The van der Waals surface area contributed by atoms with E-state index in [1.54, 1.807) is 30.3 Å². The predicted molar refractivity (Wildman–Crippen MR) is 111 cm³/mol. The lowest BCUT2D eigenvalue weighted by Crippen LogP contribution is -2.24. The third-order valence-electron chi connectivity index (χ3n) is 3.79. The Morgan fingerprint density at radius 3 is 2.64 bits per heavy atom. The van der Waals surface area contributed by atoms with Crippen molar-refractivity contribution < 1.29 is 13.9 Å². The lowest BCUT2D eigenvalue weighted by molar-refractivity contribution is -0.123. The highest BCUT2D eigenvalue weighted by atomic mass is 35.5. The summed E-state index contributed by atoms with van der Waals surface area (Å²) in [6.07, 6.45) is 1.40. The molecule has 0 radical (unpaired) electrons. The molecular formula is C21H18Cl2N2O3. The summed E-state index contributed by atoms with van der Waals surface area (Å²) in [5, 5.41) is 4.74. The van der Waals surface area contributed by atoms with Crippen molar-refractivity contribution in [3.8, 4) is 17.1 Å². The fourth-order valence-corrected chi connectivity index (χ4v) is 3.02. The highest BCUT2D eigenvalue weighted by Gasteiger charge is 2.10. The zero-order valence-electron chi connectivity index (χ0n) is 15.3. The normalized spacial score (nSPS) is 11.0. The highest BCUT2D eigenvalue weighted by Crippen LogP contribution is 2.34. The molecule has 5 nitrogen and oxygen atoms in total. The third-order valence-corrected chi connectivity index (χ3v) is 4.61. The van der Waals surface area contributed by atoms with Crippen LogP contribution in [0, 0.1) is 13.8 Å². The first-order chi connectivity index (χ1) is 13.4. The number of halogens is 2. The summed E-state index contributed by atoms with van der Waals surface area (Å²) >= 11 is 12.2. The Labute approximate surface area is 172 Å². The van der Waals surface area contributed by atoms with Crippen molar-refractivity contribution in [1.82, 2.24) is 5.43 Å². The van der Waals surface area contributed by atoms with Crippen molar-refractivity contribution in [3.05, 3.63) is 75.5 Å². The molecule has 1 aromatic heterocycles. The third kappa shape index (κ3) is 5.15. The second kappa shape index (κ2) is 8.95. The fourth-order valence-electron chi connectivity index (χ4n) is 2.63. The van der Waals surface area contributed by atoms with Crippen molar-refractivity contribution in [2.45, 2.75) is 13.8 Å². The van der Waals surface area contributed by atoms with E-state index >= 15 is 0 Å². The molecule has 0 unspecified atom stereocenters. The maximum Gasteiger partial charge on any atom is 0.277 e. The van der Waals surface area contributed by atoms with Gasteiger partial charge in [0.1, 0.15) is 17.3 Å². The summed E-state index contributed by atoms with van der Waals surface area (Å²) in [5.74, 6) is 1.28. The minimum absolute atomic E-state index is 0.137. The van der Waals surface area contributed by atoms with E-state index in [-0.39, 0.29) is 12.5 Å². The van der Waals surface area contributed by atoms with Crippen LogP contribution in [-0.4, -0.2) is 18.7 Å². The number of carbonyl (C=O) groups is 1. The molecule has 0 aliphatic rings. The molecule has 1 heterocycles. The van der Waals surface area contributed by atoms with Gasteiger partial charge in [0.05, 0.1) is 16.3 Å².